The van der Waals surface area contributed by atoms with Crippen molar-refractivity contribution in [2.75, 3.05) is 5.43 Å². The number of hydrogen-bond acceptors (Lipinski definition) is 3. The van der Waals surface area contributed by atoms with Gasteiger partial charge >= 0.3 is 0 Å². The van der Waals surface area contributed by atoms with Crippen molar-refractivity contribution in [1.29, 1.82) is 0 Å². The number of halogens is 2. The second-order valence-corrected chi connectivity index (χ2v) is 2.70. The molecule has 0 unspecified atom stereocenters. The molecule has 0 aliphatic heterocycles. The molecule has 1 rings (SSSR count). The van der Waals surface area contributed by atoms with Crippen molar-refractivity contribution in [3.8, 4) is 0 Å². The first-order valence-electron chi connectivity index (χ1n) is 3.23. The van der Waals surface area contributed by atoms with Gasteiger partial charge in [-0.1, -0.05) is 6.07 Å². The van der Waals surface area contributed by atoms with Gasteiger partial charge in [0, 0.05) is 10.5 Å². The van der Waals surface area contributed by atoms with Crippen molar-refractivity contribution in [3.63, 3.8) is 0 Å². The number of alkyl halides is 2. The summed E-state index contributed by atoms with van der Waals surface area (Å²) < 4.78 is 24.2. The Kier molecular flexibility index (Phi) is 2.88. The second-order valence-electron chi connectivity index (χ2n) is 2.22. The Bertz CT molecular complexity index is 278. The third-order valence-corrected chi connectivity index (χ3v) is 1.80. The number of rotatable bonds is 2. The third kappa shape index (κ3) is 1.86. The van der Waals surface area contributed by atoms with Gasteiger partial charge in [0.25, 0.3) is 6.43 Å². The quantitative estimate of drug-likeness (QED) is 0.380. The van der Waals surface area contributed by atoms with Crippen molar-refractivity contribution < 1.29 is 8.78 Å². The molecule has 0 saturated heterocycles. The van der Waals surface area contributed by atoms with E-state index in [0.29, 0.717) is 10.6 Å². The Labute approximate surface area is 74.1 Å². The highest BCUT2D eigenvalue weighted by Crippen LogP contribution is 2.26. The van der Waals surface area contributed by atoms with E-state index in [1.807, 2.05) is 0 Å². The first kappa shape index (κ1) is 9.28. The molecule has 2 nitrogen and oxygen atoms in total. The predicted molar refractivity (Wildman–Crippen MR) is 46.5 cm³/mol. The minimum atomic E-state index is -2.47. The summed E-state index contributed by atoms with van der Waals surface area (Å²) in [4.78, 5) is 0.412. The van der Waals surface area contributed by atoms with Gasteiger partial charge < -0.3 is 5.43 Å². The first-order valence-corrected chi connectivity index (χ1v) is 3.67. The third-order valence-electron chi connectivity index (χ3n) is 1.43. The first-order chi connectivity index (χ1) is 5.65. The SMILES string of the molecule is NNc1ccc(C(F)F)cc1S. The Balaban J connectivity index is 3.02. The molecule has 1 aromatic carbocycles. The van der Waals surface area contributed by atoms with E-state index in [9.17, 15) is 8.78 Å². The molecule has 1 aromatic rings. The van der Waals surface area contributed by atoms with E-state index in [0.717, 1.165) is 0 Å². The zero-order valence-corrected chi connectivity index (χ0v) is 6.98. The highest BCUT2D eigenvalue weighted by Gasteiger charge is 2.07. The van der Waals surface area contributed by atoms with Crippen molar-refractivity contribution in [2.24, 2.45) is 5.84 Å². The van der Waals surface area contributed by atoms with Gasteiger partial charge in [-0.3, -0.25) is 5.84 Å². The maximum absolute atomic E-state index is 12.1. The van der Waals surface area contributed by atoms with E-state index < -0.39 is 6.43 Å². The molecule has 0 aromatic heterocycles. The zero-order valence-electron chi connectivity index (χ0n) is 6.09. The molecule has 5 heteroatoms. The molecule has 12 heavy (non-hydrogen) atoms. The fourth-order valence-corrected chi connectivity index (χ4v) is 1.09. The lowest BCUT2D eigenvalue weighted by Crippen LogP contribution is -2.07. The van der Waals surface area contributed by atoms with E-state index >= 15 is 0 Å². The summed E-state index contributed by atoms with van der Waals surface area (Å²) in [5.41, 5.74) is 2.81. The lowest BCUT2D eigenvalue weighted by molar-refractivity contribution is 0.151. The molecule has 0 aliphatic carbocycles. The normalized spacial score (nSPS) is 10.4. The van der Waals surface area contributed by atoms with Crippen LogP contribution in [0, 0.1) is 0 Å². The van der Waals surface area contributed by atoms with Gasteiger partial charge in [-0.05, 0) is 12.1 Å². The van der Waals surface area contributed by atoms with Crippen LogP contribution in [-0.2, 0) is 0 Å². The molecule has 0 spiro atoms. The van der Waals surface area contributed by atoms with Crippen LogP contribution in [0.5, 0.6) is 0 Å². The van der Waals surface area contributed by atoms with E-state index in [1.54, 1.807) is 0 Å². The van der Waals surface area contributed by atoms with Gasteiger partial charge in [-0.2, -0.15) is 0 Å². The second kappa shape index (κ2) is 3.73. The molecule has 0 fully saturated rings. The summed E-state index contributed by atoms with van der Waals surface area (Å²) >= 11 is 3.97. The Morgan fingerprint density at radius 1 is 1.42 bits per heavy atom. The lowest BCUT2D eigenvalue weighted by Gasteiger charge is -2.05. The lowest BCUT2D eigenvalue weighted by atomic mass is 10.2. The summed E-state index contributed by atoms with van der Waals surface area (Å²) in [6.45, 7) is 0. The number of hydrazine groups is 1. The summed E-state index contributed by atoms with van der Waals surface area (Å²) in [6, 6.07) is 4.05. The summed E-state index contributed by atoms with van der Waals surface area (Å²) in [5.74, 6) is 5.09. The monoisotopic (exact) mass is 190 g/mol. The summed E-state index contributed by atoms with van der Waals surface area (Å²) in [6.07, 6.45) is -2.47. The molecule has 3 N–H and O–H groups in total. The average molecular weight is 190 g/mol. The fraction of sp³-hybridized carbons (Fsp3) is 0.143. The Morgan fingerprint density at radius 2 is 2.08 bits per heavy atom. The maximum atomic E-state index is 12.1. The molecule has 0 amide bonds. The fourth-order valence-electron chi connectivity index (χ4n) is 0.806. The highest BCUT2D eigenvalue weighted by atomic mass is 32.1. The molecular formula is C7H8F2N2S. The smallest absolute Gasteiger partial charge is 0.263 e. The molecule has 0 heterocycles. The van der Waals surface area contributed by atoms with Crippen LogP contribution in [0.15, 0.2) is 23.1 Å². The number of thiol groups is 1. The minimum Gasteiger partial charge on any atom is -0.323 e. The standard InChI is InChI=1S/C7H8F2N2S/c8-7(9)4-1-2-5(11-10)6(12)3-4/h1-3,7,11-12H,10H2. The largest absolute Gasteiger partial charge is 0.323 e. The maximum Gasteiger partial charge on any atom is 0.263 e. The van der Waals surface area contributed by atoms with Crippen LogP contribution in [0.2, 0.25) is 0 Å². The van der Waals surface area contributed by atoms with Gasteiger partial charge in [0.15, 0.2) is 0 Å². The minimum absolute atomic E-state index is 0.0565. The van der Waals surface area contributed by atoms with Crippen LogP contribution in [0.25, 0.3) is 0 Å². The van der Waals surface area contributed by atoms with E-state index in [-0.39, 0.29) is 5.56 Å². The topological polar surface area (TPSA) is 38.0 Å². The van der Waals surface area contributed by atoms with Crippen LogP contribution in [0.4, 0.5) is 14.5 Å². The van der Waals surface area contributed by atoms with Crippen LogP contribution in [0.1, 0.15) is 12.0 Å². The van der Waals surface area contributed by atoms with Crippen molar-refractivity contribution >= 4 is 18.3 Å². The van der Waals surface area contributed by atoms with Gasteiger partial charge in [0.1, 0.15) is 0 Å². The molecular weight excluding hydrogens is 182 g/mol. The number of hydrogen-bond donors (Lipinski definition) is 3. The predicted octanol–water partition coefficient (Wildman–Crippen LogP) is 2.20. The van der Waals surface area contributed by atoms with Gasteiger partial charge in [-0.15, -0.1) is 12.6 Å². The van der Waals surface area contributed by atoms with Gasteiger partial charge in [0.05, 0.1) is 5.69 Å². The average Bonchev–Trinajstić information content (AvgIpc) is 2.04. The van der Waals surface area contributed by atoms with Crippen LogP contribution in [-0.4, -0.2) is 0 Å². The van der Waals surface area contributed by atoms with Crippen LogP contribution >= 0.6 is 12.6 Å². The highest BCUT2D eigenvalue weighted by molar-refractivity contribution is 7.80. The van der Waals surface area contributed by atoms with Gasteiger partial charge in [0.2, 0.25) is 0 Å². The number of nitrogen functional groups attached to an aromatic ring is 1. The van der Waals surface area contributed by atoms with E-state index in [4.69, 9.17) is 5.84 Å². The van der Waals surface area contributed by atoms with Crippen molar-refractivity contribution in [2.45, 2.75) is 11.3 Å². The van der Waals surface area contributed by atoms with Crippen LogP contribution in [0.3, 0.4) is 0 Å². The number of nitrogens with two attached hydrogens (primary N) is 1. The molecule has 66 valence electrons. The molecule has 0 atom stereocenters. The zero-order chi connectivity index (χ0) is 9.14. The molecule has 0 radical (unpaired) electrons. The van der Waals surface area contributed by atoms with Crippen molar-refractivity contribution in [1.82, 2.24) is 0 Å². The number of anilines is 1. The molecule has 0 aliphatic rings. The Morgan fingerprint density at radius 3 is 2.50 bits per heavy atom. The molecule has 0 saturated carbocycles. The summed E-state index contributed by atoms with van der Waals surface area (Å²) in [7, 11) is 0. The summed E-state index contributed by atoms with van der Waals surface area (Å²) in [5, 5.41) is 0. The number of nitrogens with one attached hydrogen (secondary N) is 1. The Hall–Kier alpha value is -0.810. The molecule has 0 bridgehead atoms. The van der Waals surface area contributed by atoms with Crippen molar-refractivity contribution in [3.05, 3.63) is 23.8 Å². The van der Waals surface area contributed by atoms with Gasteiger partial charge in [-0.25, -0.2) is 8.78 Å². The number of benzene rings is 1. The van der Waals surface area contributed by atoms with E-state index in [1.165, 1.54) is 18.2 Å². The van der Waals surface area contributed by atoms with Crippen LogP contribution < -0.4 is 11.3 Å². The van der Waals surface area contributed by atoms with E-state index in [2.05, 4.69) is 18.1 Å².